The molecule has 0 saturated heterocycles. The van der Waals surface area contributed by atoms with Crippen LogP contribution in [0.25, 0.3) is 0 Å². The van der Waals surface area contributed by atoms with Crippen LogP contribution in [0.4, 0.5) is 0 Å². The van der Waals surface area contributed by atoms with Crippen LogP contribution in [0.1, 0.15) is 44.2 Å². The lowest BCUT2D eigenvalue weighted by Crippen LogP contribution is -2.56. The van der Waals surface area contributed by atoms with Gasteiger partial charge in [0.15, 0.2) is 0 Å². The van der Waals surface area contributed by atoms with Gasteiger partial charge >= 0.3 is 0 Å². The third kappa shape index (κ3) is 1.94. The summed E-state index contributed by atoms with van der Waals surface area (Å²) in [5.74, 6) is 1.28. The summed E-state index contributed by atoms with van der Waals surface area (Å²) in [4.78, 5) is 11.9. The van der Waals surface area contributed by atoms with E-state index in [1.807, 2.05) is 6.07 Å². The zero-order valence-electron chi connectivity index (χ0n) is 11.7. The Morgan fingerprint density at radius 1 is 1.28 bits per heavy atom. The van der Waals surface area contributed by atoms with Crippen LogP contribution in [0.3, 0.4) is 0 Å². The minimum absolute atomic E-state index is 0.0569. The monoisotopic (exact) mass is 246 g/mol. The number of hydrogen-bond acceptors (Lipinski definition) is 2. The molecule has 0 spiro atoms. The Kier molecular flexibility index (Phi) is 3.47. The number of rotatable bonds is 4. The maximum Gasteiger partial charge on any atom is 0.146 e. The smallest absolute Gasteiger partial charge is 0.146 e. The van der Waals surface area contributed by atoms with Gasteiger partial charge in [-0.3, -0.25) is 4.79 Å². The number of hydrogen-bond donors (Lipinski definition) is 0. The van der Waals surface area contributed by atoms with Crippen molar-refractivity contribution in [2.24, 2.45) is 5.41 Å². The summed E-state index contributed by atoms with van der Waals surface area (Å²) in [5, 5.41) is 0. The number of benzene rings is 1. The second kappa shape index (κ2) is 4.75. The van der Waals surface area contributed by atoms with E-state index < -0.39 is 0 Å². The zero-order chi connectivity index (χ0) is 13.3. The Bertz CT molecular complexity index is 458. The molecule has 0 aliphatic heterocycles. The van der Waals surface area contributed by atoms with Crippen molar-refractivity contribution in [1.29, 1.82) is 0 Å². The Morgan fingerprint density at radius 3 is 2.44 bits per heavy atom. The minimum atomic E-state index is -0.239. The normalized spacial score (nSPS) is 21.6. The highest BCUT2D eigenvalue weighted by atomic mass is 16.5. The number of carbonyl (C=O) groups is 1. The molecule has 0 N–H and O–H groups in total. The van der Waals surface area contributed by atoms with Crippen LogP contribution in [-0.2, 0) is 4.79 Å². The SMILES string of the molecule is CCC1(CC)C(=O)CC1Oc1ccc(C)cc1C. The van der Waals surface area contributed by atoms with Crippen molar-refractivity contribution in [3.8, 4) is 5.75 Å². The van der Waals surface area contributed by atoms with Gasteiger partial charge in [-0.05, 0) is 38.3 Å². The maximum atomic E-state index is 11.9. The molecule has 1 atom stereocenters. The van der Waals surface area contributed by atoms with Gasteiger partial charge in [0, 0.05) is 6.42 Å². The highest BCUT2D eigenvalue weighted by molar-refractivity contribution is 5.92. The molecular formula is C16H22O2. The average Bonchev–Trinajstić information content (AvgIpc) is 2.33. The Labute approximate surface area is 109 Å². The van der Waals surface area contributed by atoms with Crippen LogP contribution in [0, 0.1) is 19.3 Å². The first-order valence-corrected chi connectivity index (χ1v) is 6.80. The maximum absolute atomic E-state index is 11.9. The number of ketones is 1. The molecule has 2 nitrogen and oxygen atoms in total. The summed E-state index contributed by atoms with van der Waals surface area (Å²) in [6.07, 6.45) is 2.37. The summed E-state index contributed by atoms with van der Waals surface area (Å²) in [7, 11) is 0. The number of aryl methyl sites for hydroxylation is 2. The zero-order valence-corrected chi connectivity index (χ0v) is 11.7. The molecule has 18 heavy (non-hydrogen) atoms. The standard InChI is InChI=1S/C16H22O2/c1-5-16(6-2)14(17)10-15(16)18-13-8-7-11(3)9-12(13)4/h7-9,15H,5-6,10H2,1-4H3. The van der Waals surface area contributed by atoms with E-state index in [1.165, 1.54) is 5.56 Å². The number of carbonyl (C=O) groups excluding carboxylic acids is 1. The lowest BCUT2D eigenvalue weighted by Gasteiger charge is -2.46. The van der Waals surface area contributed by atoms with E-state index in [0.717, 1.165) is 24.2 Å². The van der Waals surface area contributed by atoms with Crippen molar-refractivity contribution < 1.29 is 9.53 Å². The van der Waals surface area contributed by atoms with E-state index in [2.05, 4.69) is 39.8 Å². The summed E-state index contributed by atoms with van der Waals surface area (Å²) < 4.78 is 6.08. The molecule has 1 unspecified atom stereocenters. The van der Waals surface area contributed by atoms with Gasteiger partial charge in [0.1, 0.15) is 17.6 Å². The predicted octanol–water partition coefficient (Wildman–Crippen LogP) is 3.83. The first-order valence-electron chi connectivity index (χ1n) is 6.80. The lowest BCUT2D eigenvalue weighted by atomic mass is 9.61. The summed E-state index contributed by atoms with van der Waals surface area (Å²) in [6.45, 7) is 8.30. The largest absolute Gasteiger partial charge is 0.489 e. The molecule has 2 rings (SSSR count). The second-order valence-electron chi connectivity index (χ2n) is 5.37. The topological polar surface area (TPSA) is 26.3 Å². The molecule has 1 aromatic rings. The Morgan fingerprint density at radius 2 is 1.94 bits per heavy atom. The van der Waals surface area contributed by atoms with Crippen molar-refractivity contribution >= 4 is 5.78 Å². The van der Waals surface area contributed by atoms with Crippen molar-refractivity contribution in [2.75, 3.05) is 0 Å². The summed E-state index contributed by atoms with van der Waals surface area (Å²) in [6, 6.07) is 6.20. The fourth-order valence-electron chi connectivity index (χ4n) is 2.95. The molecule has 1 aliphatic rings. The number of ether oxygens (including phenoxy) is 1. The van der Waals surface area contributed by atoms with Gasteiger partial charge in [-0.15, -0.1) is 0 Å². The van der Waals surface area contributed by atoms with Crippen LogP contribution < -0.4 is 4.74 Å². The fraction of sp³-hybridized carbons (Fsp3) is 0.562. The van der Waals surface area contributed by atoms with Crippen LogP contribution in [0.15, 0.2) is 18.2 Å². The van der Waals surface area contributed by atoms with Crippen LogP contribution in [0.5, 0.6) is 5.75 Å². The van der Waals surface area contributed by atoms with E-state index in [4.69, 9.17) is 4.74 Å². The highest BCUT2D eigenvalue weighted by Crippen LogP contribution is 2.46. The van der Waals surface area contributed by atoms with Gasteiger partial charge < -0.3 is 4.74 Å². The van der Waals surface area contributed by atoms with Crippen molar-refractivity contribution in [1.82, 2.24) is 0 Å². The molecule has 1 saturated carbocycles. The molecule has 2 heteroatoms. The van der Waals surface area contributed by atoms with E-state index in [-0.39, 0.29) is 11.5 Å². The molecule has 98 valence electrons. The Balaban J connectivity index is 2.17. The molecule has 1 aliphatic carbocycles. The van der Waals surface area contributed by atoms with Gasteiger partial charge in [-0.25, -0.2) is 0 Å². The predicted molar refractivity (Wildman–Crippen MR) is 73.0 cm³/mol. The average molecular weight is 246 g/mol. The Hall–Kier alpha value is -1.31. The van der Waals surface area contributed by atoms with E-state index in [1.54, 1.807) is 0 Å². The van der Waals surface area contributed by atoms with E-state index in [0.29, 0.717) is 12.2 Å². The molecule has 0 amide bonds. The van der Waals surface area contributed by atoms with Crippen LogP contribution in [0.2, 0.25) is 0 Å². The second-order valence-corrected chi connectivity index (χ2v) is 5.37. The van der Waals surface area contributed by atoms with Crippen LogP contribution in [-0.4, -0.2) is 11.9 Å². The fourth-order valence-corrected chi connectivity index (χ4v) is 2.95. The quantitative estimate of drug-likeness (QED) is 0.807. The van der Waals surface area contributed by atoms with Gasteiger partial charge in [0.05, 0.1) is 5.41 Å². The third-order valence-electron chi connectivity index (χ3n) is 4.40. The molecule has 0 bridgehead atoms. The van der Waals surface area contributed by atoms with Gasteiger partial charge in [0.25, 0.3) is 0 Å². The van der Waals surface area contributed by atoms with Crippen LogP contribution >= 0.6 is 0 Å². The first kappa shape index (κ1) is 13.1. The number of Topliss-reactive ketones (excluding diaryl/α,β-unsaturated/α-hetero) is 1. The van der Waals surface area contributed by atoms with Crippen molar-refractivity contribution in [3.63, 3.8) is 0 Å². The first-order chi connectivity index (χ1) is 8.53. The molecular weight excluding hydrogens is 224 g/mol. The van der Waals surface area contributed by atoms with Crippen molar-refractivity contribution in [2.45, 2.75) is 53.1 Å². The molecule has 1 fully saturated rings. The summed E-state index contributed by atoms with van der Waals surface area (Å²) in [5.41, 5.74) is 2.15. The van der Waals surface area contributed by atoms with Gasteiger partial charge in [-0.2, -0.15) is 0 Å². The van der Waals surface area contributed by atoms with E-state index >= 15 is 0 Å². The summed E-state index contributed by atoms with van der Waals surface area (Å²) >= 11 is 0. The highest BCUT2D eigenvalue weighted by Gasteiger charge is 2.53. The van der Waals surface area contributed by atoms with E-state index in [9.17, 15) is 4.79 Å². The molecule has 0 heterocycles. The third-order valence-corrected chi connectivity index (χ3v) is 4.40. The molecule has 0 radical (unpaired) electrons. The molecule has 1 aromatic carbocycles. The lowest BCUT2D eigenvalue weighted by molar-refractivity contribution is -0.153. The minimum Gasteiger partial charge on any atom is -0.489 e. The van der Waals surface area contributed by atoms with Gasteiger partial charge in [-0.1, -0.05) is 31.5 Å². The van der Waals surface area contributed by atoms with Crippen molar-refractivity contribution in [3.05, 3.63) is 29.3 Å². The van der Waals surface area contributed by atoms with Gasteiger partial charge in [0.2, 0.25) is 0 Å². The molecule has 0 aromatic heterocycles.